The van der Waals surface area contributed by atoms with Crippen molar-refractivity contribution in [2.75, 3.05) is 11.9 Å². The van der Waals surface area contributed by atoms with Gasteiger partial charge in [0.1, 0.15) is 18.3 Å². The monoisotopic (exact) mass is 518 g/mol. The quantitative estimate of drug-likeness (QED) is 0.115. The molecule has 208 valence electrons. The number of nitrogens with zero attached hydrogens (tertiary/aromatic N) is 1. The molecule has 1 amide bonds. The molecule has 2 saturated heterocycles. The van der Waals surface area contributed by atoms with Gasteiger partial charge in [-0.1, -0.05) is 87.6 Å². The van der Waals surface area contributed by atoms with Crippen molar-refractivity contribution < 1.29 is 28.6 Å². The normalized spacial score (nSPS) is 24.7. The molecule has 2 aliphatic rings. The number of aryl methyl sites for hydroxylation is 1. The van der Waals surface area contributed by atoms with E-state index < -0.39 is 24.3 Å². The fourth-order valence-corrected chi connectivity index (χ4v) is 4.76. The van der Waals surface area contributed by atoms with Crippen LogP contribution < -0.4 is 5.32 Å². The summed E-state index contributed by atoms with van der Waals surface area (Å²) in [6.07, 6.45) is 10.2. The highest BCUT2D eigenvalue weighted by atomic mass is 16.8. The van der Waals surface area contributed by atoms with Gasteiger partial charge in [-0.2, -0.15) is 0 Å². The molecule has 1 aromatic rings. The van der Waals surface area contributed by atoms with Gasteiger partial charge in [0.15, 0.2) is 12.1 Å². The zero-order valence-electron chi connectivity index (χ0n) is 23.3. The summed E-state index contributed by atoms with van der Waals surface area (Å²) >= 11 is 0. The molecule has 8 heteroatoms. The van der Waals surface area contributed by atoms with E-state index in [1.54, 1.807) is 19.1 Å². The van der Waals surface area contributed by atoms with Gasteiger partial charge in [0, 0.05) is 12.3 Å². The summed E-state index contributed by atoms with van der Waals surface area (Å²) in [7, 11) is 0. The number of carbonyl (C=O) groups is 1. The number of hydrogen-bond donors (Lipinski definition) is 1. The molecule has 3 rings (SSSR count). The lowest BCUT2D eigenvalue weighted by Crippen LogP contribution is -2.34. The Bertz CT molecular complexity index is 856. The lowest BCUT2D eigenvalue weighted by Gasteiger charge is -2.24. The van der Waals surface area contributed by atoms with Gasteiger partial charge in [-0.15, -0.1) is 0 Å². The third-order valence-electron chi connectivity index (χ3n) is 6.77. The van der Waals surface area contributed by atoms with Crippen LogP contribution in [0.4, 0.5) is 10.5 Å². The maximum Gasteiger partial charge on any atom is 0.437 e. The second-order valence-corrected chi connectivity index (χ2v) is 10.6. The van der Waals surface area contributed by atoms with E-state index in [0.717, 1.165) is 18.4 Å². The zero-order chi connectivity index (χ0) is 26.7. The lowest BCUT2D eigenvalue weighted by atomic mass is 10.1. The van der Waals surface area contributed by atoms with Crippen molar-refractivity contribution in [2.45, 2.75) is 129 Å². The predicted octanol–water partition coefficient (Wildman–Crippen LogP) is 7.10. The Labute approximate surface area is 222 Å². The number of unbranched alkanes of at least 4 members (excludes halogenated alkanes) is 9. The zero-order valence-corrected chi connectivity index (χ0v) is 23.3. The number of hydrogen-bond acceptors (Lipinski definition) is 7. The van der Waals surface area contributed by atoms with Gasteiger partial charge < -0.3 is 18.9 Å². The van der Waals surface area contributed by atoms with Gasteiger partial charge in [0.2, 0.25) is 0 Å². The van der Waals surface area contributed by atoms with E-state index in [9.17, 15) is 4.79 Å². The largest absolute Gasteiger partial charge is 0.437 e. The molecule has 2 fully saturated rings. The number of fused-ring (bicyclic) bond motifs is 1. The second-order valence-electron chi connectivity index (χ2n) is 10.6. The van der Waals surface area contributed by atoms with Gasteiger partial charge in [0.25, 0.3) is 0 Å². The molecule has 2 aliphatic heterocycles. The summed E-state index contributed by atoms with van der Waals surface area (Å²) < 4.78 is 24.4. The standard InChI is InChI=1S/C29H46N2O6/c1-6-7-8-9-10-11-12-13-14-15-20-33-27-26-25(35-29(4,5)36-26)24(34-27)22(3)31-37-28(32)30-23-18-16-21(2)17-19-23/h16-19,24-27H,6-15,20H2,1-5H3,(H,30,32)/b31-22+/t24-,25+,26+,27+/m1/s1. The predicted molar refractivity (Wildman–Crippen MR) is 145 cm³/mol. The summed E-state index contributed by atoms with van der Waals surface area (Å²) in [5.41, 5.74) is 2.23. The van der Waals surface area contributed by atoms with Crippen LogP contribution in [0.2, 0.25) is 0 Å². The number of amides is 1. The van der Waals surface area contributed by atoms with Crippen LogP contribution in [0.3, 0.4) is 0 Å². The third kappa shape index (κ3) is 9.67. The molecule has 1 N–H and O–H groups in total. The van der Waals surface area contributed by atoms with E-state index >= 15 is 0 Å². The molecular formula is C29H46N2O6. The van der Waals surface area contributed by atoms with Crippen LogP contribution >= 0.6 is 0 Å². The number of ether oxygens (including phenoxy) is 4. The molecule has 0 bridgehead atoms. The molecular weight excluding hydrogens is 472 g/mol. The molecule has 8 nitrogen and oxygen atoms in total. The van der Waals surface area contributed by atoms with Gasteiger partial charge in [-0.3, -0.25) is 10.2 Å². The first-order valence-electron chi connectivity index (χ1n) is 14.0. The highest BCUT2D eigenvalue weighted by Gasteiger charge is 2.56. The molecule has 2 heterocycles. The Morgan fingerprint density at radius 1 is 0.946 bits per heavy atom. The van der Waals surface area contributed by atoms with Crippen molar-refractivity contribution >= 4 is 17.5 Å². The number of carbonyl (C=O) groups excluding carboxylic acids is 1. The van der Waals surface area contributed by atoms with E-state index in [4.69, 9.17) is 23.8 Å². The van der Waals surface area contributed by atoms with Crippen LogP contribution in [-0.4, -0.2) is 48.8 Å². The maximum atomic E-state index is 12.2. The Hall–Kier alpha value is -2.00. The summed E-state index contributed by atoms with van der Waals surface area (Å²) in [5, 5.41) is 6.67. The average molecular weight is 519 g/mol. The fraction of sp³-hybridized carbons (Fsp3) is 0.724. The number of oxime groups is 1. The molecule has 37 heavy (non-hydrogen) atoms. The first kappa shape index (κ1) is 29.6. The topological polar surface area (TPSA) is 87.6 Å². The van der Waals surface area contributed by atoms with Crippen LogP contribution in [0.15, 0.2) is 29.4 Å². The summed E-state index contributed by atoms with van der Waals surface area (Å²) in [6.45, 7) is 10.3. The smallest absolute Gasteiger partial charge is 0.350 e. The molecule has 0 aliphatic carbocycles. The maximum absolute atomic E-state index is 12.2. The molecule has 0 radical (unpaired) electrons. The second kappa shape index (κ2) is 14.8. The molecule has 0 spiro atoms. The first-order chi connectivity index (χ1) is 17.8. The molecule has 1 aromatic carbocycles. The van der Waals surface area contributed by atoms with Crippen molar-refractivity contribution in [1.29, 1.82) is 0 Å². The van der Waals surface area contributed by atoms with E-state index in [1.165, 1.54) is 51.4 Å². The highest BCUT2D eigenvalue weighted by molar-refractivity contribution is 5.89. The van der Waals surface area contributed by atoms with E-state index in [-0.39, 0.29) is 12.2 Å². The van der Waals surface area contributed by atoms with Gasteiger partial charge >= 0.3 is 6.09 Å². The van der Waals surface area contributed by atoms with Crippen LogP contribution in [-0.2, 0) is 23.8 Å². The number of benzene rings is 1. The summed E-state index contributed by atoms with van der Waals surface area (Å²) in [5.74, 6) is -0.750. The van der Waals surface area contributed by atoms with Crippen molar-refractivity contribution in [3.63, 3.8) is 0 Å². The van der Waals surface area contributed by atoms with Gasteiger partial charge in [-0.25, -0.2) is 4.79 Å². The van der Waals surface area contributed by atoms with E-state index in [0.29, 0.717) is 18.0 Å². The summed E-state index contributed by atoms with van der Waals surface area (Å²) in [4.78, 5) is 17.3. The minimum atomic E-state index is -0.750. The van der Waals surface area contributed by atoms with Crippen LogP contribution in [0, 0.1) is 6.92 Å². The lowest BCUT2D eigenvalue weighted by molar-refractivity contribution is -0.226. The van der Waals surface area contributed by atoms with Crippen molar-refractivity contribution in [3.05, 3.63) is 29.8 Å². The van der Waals surface area contributed by atoms with E-state index in [1.807, 2.05) is 32.9 Å². The average Bonchev–Trinajstić information content (AvgIpc) is 3.35. The van der Waals surface area contributed by atoms with Crippen LogP contribution in [0.25, 0.3) is 0 Å². The highest BCUT2D eigenvalue weighted by Crippen LogP contribution is 2.39. The minimum Gasteiger partial charge on any atom is -0.350 e. The Morgan fingerprint density at radius 3 is 2.19 bits per heavy atom. The van der Waals surface area contributed by atoms with Crippen molar-refractivity contribution in [1.82, 2.24) is 0 Å². The van der Waals surface area contributed by atoms with Crippen LogP contribution in [0.5, 0.6) is 0 Å². The van der Waals surface area contributed by atoms with Crippen molar-refractivity contribution in [2.24, 2.45) is 5.16 Å². The third-order valence-corrected chi connectivity index (χ3v) is 6.77. The molecule has 0 aromatic heterocycles. The summed E-state index contributed by atoms with van der Waals surface area (Å²) in [6, 6.07) is 7.43. The van der Waals surface area contributed by atoms with Crippen molar-refractivity contribution in [3.8, 4) is 0 Å². The van der Waals surface area contributed by atoms with Gasteiger partial charge in [-0.05, 0) is 46.2 Å². The van der Waals surface area contributed by atoms with Crippen LogP contribution in [0.1, 0.15) is 97.5 Å². The molecule has 0 saturated carbocycles. The van der Waals surface area contributed by atoms with E-state index in [2.05, 4.69) is 17.4 Å². The molecule has 4 atom stereocenters. The number of anilines is 1. The molecule has 0 unspecified atom stereocenters. The SMILES string of the molecule is CCCCCCCCCCCCO[C@H]1O[C@H](/C(C)=N/OC(=O)Nc2ccc(C)cc2)[C@@H]2OC(C)(C)O[C@H]12. The first-order valence-corrected chi connectivity index (χ1v) is 14.0. The fourth-order valence-electron chi connectivity index (χ4n) is 4.76. The minimum absolute atomic E-state index is 0.366. The Balaban J connectivity index is 1.41. The number of nitrogens with one attached hydrogen (secondary N) is 1. The number of rotatable bonds is 15. The van der Waals surface area contributed by atoms with Gasteiger partial charge in [0.05, 0.1) is 5.71 Å². The Morgan fingerprint density at radius 2 is 1.54 bits per heavy atom. The Kier molecular flexibility index (Phi) is 11.8.